The summed E-state index contributed by atoms with van der Waals surface area (Å²) < 4.78 is 35.6. The van der Waals surface area contributed by atoms with Gasteiger partial charge in [-0.25, -0.2) is 5.43 Å². The summed E-state index contributed by atoms with van der Waals surface area (Å²) in [6.45, 7) is 1.49. The number of aromatic hydroxyl groups is 1. The van der Waals surface area contributed by atoms with Gasteiger partial charge in [0.2, 0.25) is 0 Å². The highest BCUT2D eigenvalue weighted by atomic mass is 32.2. The van der Waals surface area contributed by atoms with E-state index >= 15 is 0 Å². The first kappa shape index (κ1) is 24.2. The van der Waals surface area contributed by atoms with Crippen molar-refractivity contribution >= 4 is 27.9 Å². The molecule has 2 N–H and O–H groups in total. The van der Waals surface area contributed by atoms with E-state index in [1.165, 1.54) is 74.8 Å². The number of nitrogens with one attached hydrogen (secondary N) is 1. The van der Waals surface area contributed by atoms with E-state index in [2.05, 4.69) is 10.5 Å². The standard InChI is InChI=1S/C22H19N3O8S/c1-14-3-9-18(12-19(14)25(28)29)34(30,31)33-20-10-4-15(11-21(20)32-2)13-23-24-22(27)16-5-7-17(26)8-6-16/h3-13,26H,1-2H3,(H,24,27)/b23-13-. The number of nitro benzene ring substituents is 1. The van der Waals surface area contributed by atoms with Gasteiger partial charge in [0.05, 0.1) is 18.2 Å². The molecule has 0 bridgehead atoms. The van der Waals surface area contributed by atoms with Crippen molar-refractivity contribution in [3.05, 3.63) is 87.5 Å². The Bertz CT molecular complexity index is 1370. The molecular formula is C22H19N3O8S. The molecule has 0 unspecified atom stereocenters. The van der Waals surface area contributed by atoms with Crippen molar-refractivity contribution in [2.75, 3.05) is 7.11 Å². The SMILES string of the molecule is COc1cc(/C=N\NC(=O)c2ccc(O)cc2)ccc1OS(=O)(=O)c1ccc(C)c([N+](=O)[O-])c1. The van der Waals surface area contributed by atoms with Crippen LogP contribution in [-0.2, 0) is 10.1 Å². The molecule has 3 aromatic carbocycles. The van der Waals surface area contributed by atoms with Crippen LogP contribution in [0.2, 0.25) is 0 Å². The number of hydrogen-bond donors (Lipinski definition) is 2. The van der Waals surface area contributed by atoms with Crippen LogP contribution in [0.4, 0.5) is 5.69 Å². The van der Waals surface area contributed by atoms with Gasteiger partial charge in [-0.3, -0.25) is 14.9 Å². The first-order chi connectivity index (χ1) is 16.1. The van der Waals surface area contributed by atoms with Gasteiger partial charge in [0.25, 0.3) is 11.6 Å². The normalized spacial score (nSPS) is 11.2. The highest BCUT2D eigenvalue weighted by Crippen LogP contribution is 2.31. The van der Waals surface area contributed by atoms with Crippen LogP contribution in [-0.4, -0.2) is 37.7 Å². The zero-order valence-electron chi connectivity index (χ0n) is 18.0. The Kier molecular flexibility index (Phi) is 7.12. The lowest BCUT2D eigenvalue weighted by molar-refractivity contribution is -0.385. The molecule has 3 aromatic rings. The molecule has 1 amide bonds. The molecule has 0 aliphatic carbocycles. The number of carbonyl (C=O) groups is 1. The van der Waals surface area contributed by atoms with Crippen molar-refractivity contribution in [3.8, 4) is 17.2 Å². The molecule has 0 aliphatic heterocycles. The van der Waals surface area contributed by atoms with Crippen LogP contribution in [0.25, 0.3) is 0 Å². The Hall–Kier alpha value is -4.45. The zero-order chi connectivity index (χ0) is 24.9. The smallest absolute Gasteiger partial charge is 0.339 e. The highest BCUT2D eigenvalue weighted by molar-refractivity contribution is 7.87. The lowest BCUT2D eigenvalue weighted by Crippen LogP contribution is -2.17. The third-order valence-corrected chi connectivity index (χ3v) is 5.79. The minimum absolute atomic E-state index is 0.0251. The van der Waals surface area contributed by atoms with Gasteiger partial charge in [0, 0.05) is 17.2 Å². The number of phenolic OH excluding ortho intramolecular Hbond substituents is 1. The first-order valence-corrected chi connectivity index (χ1v) is 11.0. The predicted octanol–water partition coefficient (Wildman–Crippen LogP) is 3.15. The first-order valence-electron chi connectivity index (χ1n) is 9.61. The zero-order valence-corrected chi connectivity index (χ0v) is 18.8. The van der Waals surface area contributed by atoms with Crippen molar-refractivity contribution < 1.29 is 32.2 Å². The lowest BCUT2D eigenvalue weighted by atomic mass is 10.2. The number of carbonyl (C=O) groups excluding carboxylic acids is 1. The van der Waals surface area contributed by atoms with Gasteiger partial charge in [0.15, 0.2) is 11.5 Å². The van der Waals surface area contributed by atoms with Gasteiger partial charge >= 0.3 is 10.1 Å². The van der Waals surface area contributed by atoms with E-state index in [4.69, 9.17) is 8.92 Å². The molecule has 0 saturated heterocycles. The third kappa shape index (κ3) is 5.66. The number of nitro groups is 1. The van der Waals surface area contributed by atoms with Crippen LogP contribution in [0.5, 0.6) is 17.2 Å². The van der Waals surface area contributed by atoms with Crippen LogP contribution in [0.15, 0.2) is 70.7 Å². The maximum atomic E-state index is 12.7. The molecule has 34 heavy (non-hydrogen) atoms. The quantitative estimate of drug-likeness (QED) is 0.213. The van der Waals surface area contributed by atoms with Gasteiger partial charge in [-0.05, 0) is 61.0 Å². The number of rotatable bonds is 8. The average molecular weight is 485 g/mol. The molecule has 12 heteroatoms. The van der Waals surface area contributed by atoms with E-state index in [9.17, 15) is 28.4 Å². The van der Waals surface area contributed by atoms with E-state index in [1.54, 1.807) is 0 Å². The second-order valence-corrected chi connectivity index (χ2v) is 8.45. The number of amides is 1. The predicted molar refractivity (Wildman–Crippen MR) is 122 cm³/mol. The number of hydrogen-bond acceptors (Lipinski definition) is 9. The number of ether oxygens (including phenoxy) is 1. The average Bonchev–Trinajstić information content (AvgIpc) is 2.80. The molecule has 0 heterocycles. The molecule has 3 rings (SSSR count). The summed E-state index contributed by atoms with van der Waals surface area (Å²) in [5, 5.41) is 24.2. The van der Waals surface area contributed by atoms with E-state index in [1.807, 2.05) is 0 Å². The van der Waals surface area contributed by atoms with Gasteiger partial charge in [-0.2, -0.15) is 13.5 Å². The third-order valence-electron chi connectivity index (χ3n) is 4.56. The number of hydrazone groups is 1. The molecule has 0 saturated carbocycles. The molecule has 0 spiro atoms. The molecule has 0 radical (unpaired) electrons. The molecule has 0 aromatic heterocycles. The minimum atomic E-state index is -4.39. The largest absolute Gasteiger partial charge is 0.508 e. The topological polar surface area (TPSA) is 157 Å². The minimum Gasteiger partial charge on any atom is -0.508 e. The molecule has 0 aliphatic rings. The Labute approximate surface area is 194 Å². The summed E-state index contributed by atoms with van der Waals surface area (Å²) in [6.07, 6.45) is 1.31. The van der Waals surface area contributed by atoms with Crippen LogP contribution in [0.1, 0.15) is 21.5 Å². The van der Waals surface area contributed by atoms with Crippen LogP contribution in [0, 0.1) is 17.0 Å². The van der Waals surface area contributed by atoms with Crippen molar-refractivity contribution in [2.24, 2.45) is 5.10 Å². The summed E-state index contributed by atoms with van der Waals surface area (Å²) >= 11 is 0. The van der Waals surface area contributed by atoms with Crippen molar-refractivity contribution in [1.82, 2.24) is 5.43 Å². The second-order valence-electron chi connectivity index (χ2n) is 6.90. The number of nitrogens with zero attached hydrogens (tertiary/aromatic N) is 2. The van der Waals surface area contributed by atoms with Crippen molar-refractivity contribution in [1.29, 1.82) is 0 Å². The molecule has 11 nitrogen and oxygen atoms in total. The van der Waals surface area contributed by atoms with Gasteiger partial charge in [0.1, 0.15) is 10.6 Å². The number of phenols is 1. The molecule has 0 fully saturated rings. The van der Waals surface area contributed by atoms with Gasteiger partial charge < -0.3 is 14.0 Å². The van der Waals surface area contributed by atoms with Crippen LogP contribution < -0.4 is 14.3 Å². The monoisotopic (exact) mass is 485 g/mol. The summed E-state index contributed by atoms with van der Waals surface area (Å²) in [7, 11) is -3.08. The fourth-order valence-corrected chi connectivity index (χ4v) is 3.74. The van der Waals surface area contributed by atoms with Gasteiger partial charge in [-0.15, -0.1) is 0 Å². The fourth-order valence-electron chi connectivity index (χ4n) is 2.78. The summed E-state index contributed by atoms with van der Waals surface area (Å²) in [5.74, 6) is -0.562. The van der Waals surface area contributed by atoms with Crippen molar-refractivity contribution in [3.63, 3.8) is 0 Å². The Morgan fingerprint density at radius 3 is 2.44 bits per heavy atom. The number of methoxy groups -OCH3 is 1. The number of aryl methyl sites for hydroxylation is 1. The maximum Gasteiger partial charge on any atom is 0.339 e. The molecule has 176 valence electrons. The number of benzene rings is 3. The fraction of sp³-hybridized carbons (Fsp3) is 0.0909. The second kappa shape index (κ2) is 10.0. The highest BCUT2D eigenvalue weighted by Gasteiger charge is 2.23. The Morgan fingerprint density at radius 2 is 1.79 bits per heavy atom. The lowest BCUT2D eigenvalue weighted by Gasteiger charge is -2.11. The van der Waals surface area contributed by atoms with Crippen LogP contribution >= 0.6 is 0 Å². The summed E-state index contributed by atoms with van der Waals surface area (Å²) in [5.41, 5.74) is 3.03. The van der Waals surface area contributed by atoms with E-state index in [0.717, 1.165) is 6.07 Å². The van der Waals surface area contributed by atoms with Crippen LogP contribution in [0.3, 0.4) is 0 Å². The van der Waals surface area contributed by atoms with E-state index < -0.39 is 20.9 Å². The maximum absolute atomic E-state index is 12.7. The summed E-state index contributed by atoms with van der Waals surface area (Å²) in [6, 6.07) is 13.3. The van der Waals surface area contributed by atoms with Gasteiger partial charge in [-0.1, -0.05) is 6.07 Å². The van der Waals surface area contributed by atoms with E-state index in [-0.39, 0.29) is 33.4 Å². The molecule has 0 atom stereocenters. The van der Waals surface area contributed by atoms with E-state index in [0.29, 0.717) is 11.1 Å². The Balaban J connectivity index is 1.76. The molecular weight excluding hydrogens is 466 g/mol. The summed E-state index contributed by atoms with van der Waals surface area (Å²) in [4.78, 5) is 22.1. The Morgan fingerprint density at radius 1 is 1.09 bits per heavy atom. The van der Waals surface area contributed by atoms with Crippen molar-refractivity contribution in [2.45, 2.75) is 11.8 Å².